The van der Waals surface area contributed by atoms with Crippen LogP contribution in [-0.2, 0) is 9.59 Å². The third-order valence-corrected chi connectivity index (χ3v) is 4.68. The van der Waals surface area contributed by atoms with E-state index in [2.05, 4.69) is 22.5 Å². The van der Waals surface area contributed by atoms with Crippen molar-refractivity contribution < 1.29 is 9.59 Å². The van der Waals surface area contributed by atoms with Crippen LogP contribution >= 0.6 is 23.2 Å². The quantitative estimate of drug-likeness (QED) is 0.780. The number of halogens is 2. The molecule has 1 saturated heterocycles. The third-order valence-electron chi connectivity index (χ3n) is 4.14. The fourth-order valence-corrected chi connectivity index (χ4v) is 3.16. The molecule has 2 N–H and O–H groups in total. The van der Waals surface area contributed by atoms with Crippen LogP contribution in [0, 0.1) is 0 Å². The summed E-state index contributed by atoms with van der Waals surface area (Å²) in [5, 5.41) is 6.08. The van der Waals surface area contributed by atoms with Crippen molar-refractivity contribution in [1.29, 1.82) is 0 Å². The first-order chi connectivity index (χ1) is 11.5. The SMILES string of the molecule is CCCCN1CCC(NC(=O)C(=O)Nc2ccc(Cl)cc2Cl)CC1. The molecule has 1 heterocycles. The van der Waals surface area contributed by atoms with Crippen molar-refractivity contribution in [2.45, 2.75) is 38.6 Å². The minimum Gasteiger partial charge on any atom is -0.345 e. The van der Waals surface area contributed by atoms with Gasteiger partial charge >= 0.3 is 11.8 Å². The van der Waals surface area contributed by atoms with Gasteiger partial charge in [0.25, 0.3) is 0 Å². The Labute approximate surface area is 152 Å². The smallest absolute Gasteiger partial charge is 0.313 e. The van der Waals surface area contributed by atoms with E-state index in [0.717, 1.165) is 32.5 Å². The number of hydrogen-bond acceptors (Lipinski definition) is 3. The summed E-state index contributed by atoms with van der Waals surface area (Å²) in [5.74, 6) is -1.35. The number of carbonyl (C=O) groups is 2. The van der Waals surface area contributed by atoms with Crippen LogP contribution in [0.15, 0.2) is 18.2 Å². The van der Waals surface area contributed by atoms with Crippen LogP contribution in [0.3, 0.4) is 0 Å². The summed E-state index contributed by atoms with van der Waals surface area (Å²) < 4.78 is 0. The summed E-state index contributed by atoms with van der Waals surface area (Å²) in [4.78, 5) is 26.4. The maximum Gasteiger partial charge on any atom is 0.313 e. The Balaban J connectivity index is 1.79. The summed E-state index contributed by atoms with van der Waals surface area (Å²) in [5.41, 5.74) is 0.371. The second-order valence-electron chi connectivity index (χ2n) is 6.02. The van der Waals surface area contributed by atoms with Gasteiger partial charge in [-0.1, -0.05) is 36.5 Å². The van der Waals surface area contributed by atoms with Crippen molar-refractivity contribution in [3.63, 3.8) is 0 Å². The molecule has 24 heavy (non-hydrogen) atoms. The highest BCUT2D eigenvalue weighted by molar-refractivity contribution is 6.42. The number of amides is 2. The number of rotatable bonds is 5. The second kappa shape index (κ2) is 9.25. The van der Waals surface area contributed by atoms with Gasteiger partial charge in [0, 0.05) is 24.2 Å². The molecule has 7 heteroatoms. The zero-order chi connectivity index (χ0) is 17.5. The largest absolute Gasteiger partial charge is 0.345 e. The average molecular weight is 372 g/mol. The van der Waals surface area contributed by atoms with Crippen LogP contribution < -0.4 is 10.6 Å². The van der Waals surface area contributed by atoms with Gasteiger partial charge in [0.15, 0.2) is 0 Å². The lowest BCUT2D eigenvalue weighted by molar-refractivity contribution is -0.136. The molecule has 0 radical (unpaired) electrons. The number of benzene rings is 1. The van der Waals surface area contributed by atoms with E-state index >= 15 is 0 Å². The van der Waals surface area contributed by atoms with Crippen LogP contribution in [0.4, 0.5) is 5.69 Å². The minimum absolute atomic E-state index is 0.0433. The molecule has 0 bridgehead atoms. The molecule has 2 amide bonds. The van der Waals surface area contributed by atoms with E-state index in [4.69, 9.17) is 23.2 Å². The van der Waals surface area contributed by atoms with Crippen molar-refractivity contribution in [3.05, 3.63) is 28.2 Å². The summed E-state index contributed by atoms with van der Waals surface area (Å²) >= 11 is 11.8. The number of unbranched alkanes of at least 4 members (excludes halogenated alkanes) is 1. The van der Waals surface area contributed by atoms with Crippen molar-refractivity contribution in [1.82, 2.24) is 10.2 Å². The predicted octanol–water partition coefficient (Wildman–Crippen LogP) is 3.31. The topological polar surface area (TPSA) is 61.4 Å². The van der Waals surface area contributed by atoms with Gasteiger partial charge < -0.3 is 15.5 Å². The molecule has 2 rings (SSSR count). The van der Waals surface area contributed by atoms with Crippen LogP contribution in [0.5, 0.6) is 0 Å². The van der Waals surface area contributed by atoms with Crippen LogP contribution in [0.25, 0.3) is 0 Å². The van der Waals surface area contributed by atoms with Crippen molar-refractivity contribution in [2.75, 3.05) is 25.0 Å². The Morgan fingerprint density at radius 1 is 1.21 bits per heavy atom. The molecule has 1 fully saturated rings. The number of nitrogens with one attached hydrogen (secondary N) is 2. The maximum absolute atomic E-state index is 12.0. The molecule has 0 atom stereocenters. The van der Waals surface area contributed by atoms with Gasteiger partial charge in [-0.15, -0.1) is 0 Å². The third kappa shape index (κ3) is 5.65. The average Bonchev–Trinajstić information content (AvgIpc) is 2.56. The summed E-state index contributed by atoms with van der Waals surface area (Å²) in [6, 6.07) is 4.74. The van der Waals surface area contributed by atoms with Gasteiger partial charge in [0.05, 0.1) is 10.7 Å². The zero-order valence-electron chi connectivity index (χ0n) is 13.8. The molecule has 1 aliphatic rings. The molecule has 0 aliphatic carbocycles. The molecule has 1 aliphatic heterocycles. The first kappa shape index (κ1) is 19.0. The van der Waals surface area contributed by atoms with Gasteiger partial charge in [-0.25, -0.2) is 0 Å². The fraction of sp³-hybridized carbons (Fsp3) is 0.529. The molecule has 1 aromatic rings. The van der Waals surface area contributed by atoms with E-state index in [9.17, 15) is 9.59 Å². The number of carbonyl (C=O) groups excluding carboxylic acids is 2. The van der Waals surface area contributed by atoms with Crippen LogP contribution in [0.2, 0.25) is 10.0 Å². The van der Waals surface area contributed by atoms with E-state index in [0.29, 0.717) is 15.7 Å². The Bertz CT molecular complexity index is 587. The number of hydrogen-bond donors (Lipinski definition) is 2. The van der Waals surface area contributed by atoms with Crippen LogP contribution in [-0.4, -0.2) is 42.4 Å². The molecule has 0 aromatic heterocycles. The van der Waals surface area contributed by atoms with Gasteiger partial charge in [-0.2, -0.15) is 0 Å². The maximum atomic E-state index is 12.0. The highest BCUT2D eigenvalue weighted by atomic mass is 35.5. The van der Waals surface area contributed by atoms with Crippen molar-refractivity contribution in [2.24, 2.45) is 0 Å². The number of piperidine rings is 1. The molecule has 0 unspecified atom stereocenters. The van der Waals surface area contributed by atoms with Crippen molar-refractivity contribution >= 4 is 40.7 Å². The normalized spacial score (nSPS) is 16.0. The van der Waals surface area contributed by atoms with E-state index < -0.39 is 11.8 Å². The Morgan fingerprint density at radius 3 is 2.54 bits per heavy atom. The monoisotopic (exact) mass is 371 g/mol. The molecular weight excluding hydrogens is 349 g/mol. The molecule has 5 nitrogen and oxygen atoms in total. The van der Waals surface area contributed by atoms with Gasteiger partial charge in [-0.3, -0.25) is 9.59 Å². The number of anilines is 1. The number of likely N-dealkylation sites (tertiary alicyclic amines) is 1. The fourth-order valence-electron chi connectivity index (χ4n) is 2.70. The first-order valence-corrected chi connectivity index (χ1v) is 9.04. The summed E-state index contributed by atoms with van der Waals surface area (Å²) in [6.45, 7) is 5.19. The molecule has 132 valence electrons. The highest BCUT2D eigenvalue weighted by Crippen LogP contribution is 2.25. The Hall–Kier alpha value is -1.30. The van der Waals surface area contributed by atoms with E-state index in [1.165, 1.54) is 18.9 Å². The standard InChI is InChI=1S/C17H23Cl2N3O2/c1-2-3-8-22-9-6-13(7-10-22)20-16(23)17(24)21-15-5-4-12(18)11-14(15)19/h4-5,11,13H,2-3,6-10H2,1H3,(H,20,23)(H,21,24). The lowest BCUT2D eigenvalue weighted by atomic mass is 10.0. The zero-order valence-corrected chi connectivity index (χ0v) is 15.3. The molecule has 0 saturated carbocycles. The Morgan fingerprint density at radius 2 is 1.92 bits per heavy atom. The van der Waals surface area contributed by atoms with Gasteiger partial charge in [0.2, 0.25) is 0 Å². The summed E-state index contributed by atoms with van der Waals surface area (Å²) in [7, 11) is 0. The molecule has 1 aromatic carbocycles. The van der Waals surface area contributed by atoms with Crippen LogP contribution in [0.1, 0.15) is 32.6 Å². The predicted molar refractivity (Wildman–Crippen MR) is 97.6 cm³/mol. The second-order valence-corrected chi connectivity index (χ2v) is 6.86. The van der Waals surface area contributed by atoms with Gasteiger partial charge in [-0.05, 0) is 44.0 Å². The van der Waals surface area contributed by atoms with E-state index in [1.54, 1.807) is 12.1 Å². The first-order valence-electron chi connectivity index (χ1n) is 8.29. The van der Waals surface area contributed by atoms with E-state index in [1.807, 2.05) is 0 Å². The van der Waals surface area contributed by atoms with Gasteiger partial charge in [0.1, 0.15) is 0 Å². The summed E-state index contributed by atoms with van der Waals surface area (Å²) in [6.07, 6.45) is 4.11. The number of nitrogens with zero attached hydrogens (tertiary/aromatic N) is 1. The van der Waals surface area contributed by atoms with Crippen molar-refractivity contribution in [3.8, 4) is 0 Å². The lowest BCUT2D eigenvalue weighted by Crippen LogP contribution is -2.47. The molecular formula is C17H23Cl2N3O2. The minimum atomic E-state index is -0.715. The molecule has 0 spiro atoms. The lowest BCUT2D eigenvalue weighted by Gasteiger charge is -2.32. The highest BCUT2D eigenvalue weighted by Gasteiger charge is 2.23. The van der Waals surface area contributed by atoms with E-state index in [-0.39, 0.29) is 6.04 Å². The Kier molecular flexibility index (Phi) is 7.34.